The van der Waals surface area contributed by atoms with Crippen LogP contribution in [0.3, 0.4) is 0 Å². The summed E-state index contributed by atoms with van der Waals surface area (Å²) >= 11 is 0. The molecule has 0 aromatic carbocycles. The molecule has 0 saturated carbocycles. The molecule has 0 bridgehead atoms. The Morgan fingerprint density at radius 3 is 2.81 bits per heavy atom. The summed E-state index contributed by atoms with van der Waals surface area (Å²) in [7, 11) is 0. The smallest absolute Gasteiger partial charge is 0.389 e. The zero-order valence-corrected chi connectivity index (χ0v) is 10.5. The van der Waals surface area contributed by atoms with Crippen LogP contribution in [0, 0.1) is 10.1 Å². The minimum Gasteiger partial charge on any atom is -0.478 e. The molecule has 1 amide bonds. The van der Waals surface area contributed by atoms with Crippen LogP contribution in [0.15, 0.2) is 30.6 Å². The quantitative estimate of drug-likeness (QED) is 0.604. The van der Waals surface area contributed by atoms with Gasteiger partial charge in [0.25, 0.3) is 0 Å². The molecule has 2 heterocycles. The molecule has 2 aromatic rings. The van der Waals surface area contributed by atoms with E-state index >= 15 is 0 Å². The largest absolute Gasteiger partial charge is 0.478 e. The van der Waals surface area contributed by atoms with Gasteiger partial charge in [0.15, 0.2) is 0 Å². The van der Waals surface area contributed by atoms with Gasteiger partial charge in [-0.2, -0.15) is 4.68 Å². The average molecular weight is 291 g/mol. The molecule has 108 valence electrons. The molecule has 0 aliphatic carbocycles. The third kappa shape index (κ3) is 3.37. The number of carbonyl (C=O) groups is 2. The first kappa shape index (κ1) is 14.1. The zero-order chi connectivity index (χ0) is 15.4. The van der Waals surface area contributed by atoms with Crippen molar-refractivity contribution in [3.63, 3.8) is 0 Å². The number of anilines is 1. The Kier molecular flexibility index (Phi) is 3.88. The van der Waals surface area contributed by atoms with Gasteiger partial charge in [-0.1, -0.05) is 0 Å². The summed E-state index contributed by atoms with van der Waals surface area (Å²) in [5.41, 5.74) is -0.155. The highest BCUT2D eigenvalue weighted by Crippen LogP contribution is 2.11. The number of carboxylic acids is 1. The monoisotopic (exact) mass is 291 g/mol. The molecule has 0 radical (unpaired) electrons. The Morgan fingerprint density at radius 1 is 1.43 bits per heavy atom. The molecule has 0 aliphatic heterocycles. The second-order valence-corrected chi connectivity index (χ2v) is 3.88. The standard InChI is InChI=1S/C11H9N5O5/c17-9(6-15-5-3-8(14-15)16(20)21)13-10-7(11(18)19)2-1-4-12-10/h1-5H,6H2,(H,18,19)(H,12,13,17). The van der Waals surface area contributed by atoms with Crippen molar-refractivity contribution in [3.05, 3.63) is 46.3 Å². The SMILES string of the molecule is O=C(Cn1ccc([N+](=O)[O-])n1)Nc1ncccc1C(=O)O. The number of hydrogen-bond acceptors (Lipinski definition) is 6. The van der Waals surface area contributed by atoms with Gasteiger partial charge in [-0.3, -0.25) is 4.79 Å². The van der Waals surface area contributed by atoms with E-state index in [0.29, 0.717) is 0 Å². The maximum absolute atomic E-state index is 11.8. The van der Waals surface area contributed by atoms with E-state index in [2.05, 4.69) is 15.4 Å². The van der Waals surface area contributed by atoms with E-state index in [1.165, 1.54) is 24.5 Å². The Hall–Kier alpha value is -3.30. The minimum atomic E-state index is -1.23. The van der Waals surface area contributed by atoms with Crippen LogP contribution in [0.5, 0.6) is 0 Å². The van der Waals surface area contributed by atoms with Crippen molar-refractivity contribution in [3.8, 4) is 0 Å². The fraction of sp³-hybridized carbons (Fsp3) is 0.0909. The van der Waals surface area contributed by atoms with Gasteiger partial charge in [-0.05, 0) is 17.1 Å². The van der Waals surface area contributed by atoms with Crippen molar-refractivity contribution in [1.29, 1.82) is 0 Å². The lowest BCUT2D eigenvalue weighted by molar-refractivity contribution is -0.389. The molecule has 0 unspecified atom stereocenters. The third-order valence-electron chi connectivity index (χ3n) is 2.42. The minimum absolute atomic E-state index is 0.100. The second-order valence-electron chi connectivity index (χ2n) is 3.88. The second kappa shape index (κ2) is 5.77. The van der Waals surface area contributed by atoms with Gasteiger partial charge in [0.1, 0.15) is 17.9 Å². The van der Waals surface area contributed by atoms with Crippen LogP contribution < -0.4 is 5.32 Å². The summed E-state index contributed by atoms with van der Waals surface area (Å²) in [4.78, 5) is 36.3. The topological polar surface area (TPSA) is 140 Å². The number of nitrogens with one attached hydrogen (secondary N) is 1. The van der Waals surface area contributed by atoms with Crippen LogP contribution in [-0.2, 0) is 11.3 Å². The van der Waals surface area contributed by atoms with Gasteiger partial charge in [0.2, 0.25) is 5.91 Å². The lowest BCUT2D eigenvalue weighted by atomic mass is 10.2. The highest BCUT2D eigenvalue weighted by Gasteiger charge is 2.16. The van der Waals surface area contributed by atoms with Crippen molar-refractivity contribution < 1.29 is 19.6 Å². The summed E-state index contributed by atoms with van der Waals surface area (Å²) < 4.78 is 1.07. The highest BCUT2D eigenvalue weighted by molar-refractivity contribution is 5.99. The Labute approximate surface area is 117 Å². The Balaban J connectivity index is 2.08. The van der Waals surface area contributed by atoms with Crippen LogP contribution in [0.2, 0.25) is 0 Å². The molecule has 0 fully saturated rings. The molecule has 21 heavy (non-hydrogen) atoms. The first-order valence-electron chi connectivity index (χ1n) is 5.63. The molecular weight excluding hydrogens is 282 g/mol. The summed E-state index contributed by atoms with van der Waals surface area (Å²) in [6.07, 6.45) is 2.61. The molecule has 2 N–H and O–H groups in total. The van der Waals surface area contributed by atoms with Crippen LogP contribution in [-0.4, -0.2) is 36.7 Å². The summed E-state index contributed by atoms with van der Waals surface area (Å²) in [5, 5.41) is 25.3. The number of amides is 1. The van der Waals surface area contributed by atoms with Gasteiger partial charge < -0.3 is 20.5 Å². The lowest BCUT2D eigenvalue weighted by Gasteiger charge is -2.05. The maximum atomic E-state index is 11.8. The first-order valence-corrected chi connectivity index (χ1v) is 5.63. The number of nitrogens with zero attached hydrogens (tertiary/aromatic N) is 4. The predicted molar refractivity (Wildman–Crippen MR) is 68.7 cm³/mol. The normalized spacial score (nSPS) is 10.1. The van der Waals surface area contributed by atoms with E-state index in [-0.39, 0.29) is 23.7 Å². The van der Waals surface area contributed by atoms with Gasteiger partial charge in [-0.15, -0.1) is 0 Å². The van der Waals surface area contributed by atoms with Crippen molar-refractivity contribution in [1.82, 2.24) is 14.8 Å². The number of rotatable bonds is 5. The van der Waals surface area contributed by atoms with Crippen LogP contribution in [0.1, 0.15) is 10.4 Å². The summed E-state index contributed by atoms with van der Waals surface area (Å²) in [6, 6.07) is 3.87. The van der Waals surface area contributed by atoms with Crippen LogP contribution in [0.4, 0.5) is 11.6 Å². The number of aromatic carboxylic acids is 1. The van der Waals surface area contributed by atoms with E-state index in [9.17, 15) is 19.7 Å². The molecule has 0 saturated heterocycles. The third-order valence-corrected chi connectivity index (χ3v) is 2.42. The molecular formula is C11H9N5O5. The van der Waals surface area contributed by atoms with Gasteiger partial charge >= 0.3 is 11.8 Å². The number of pyridine rings is 1. The molecule has 0 atom stereocenters. The van der Waals surface area contributed by atoms with Gasteiger partial charge in [-0.25, -0.2) is 9.78 Å². The summed E-state index contributed by atoms with van der Waals surface area (Å²) in [6.45, 7) is -0.302. The van der Waals surface area contributed by atoms with Crippen LogP contribution >= 0.6 is 0 Å². The van der Waals surface area contributed by atoms with Crippen molar-refractivity contribution in [2.75, 3.05) is 5.32 Å². The van der Waals surface area contributed by atoms with Crippen molar-refractivity contribution in [2.24, 2.45) is 0 Å². The fourth-order valence-electron chi connectivity index (χ4n) is 1.53. The zero-order valence-electron chi connectivity index (χ0n) is 10.5. The molecule has 0 spiro atoms. The number of aromatic nitrogens is 3. The Morgan fingerprint density at radius 2 is 2.19 bits per heavy atom. The van der Waals surface area contributed by atoms with E-state index in [0.717, 1.165) is 10.7 Å². The molecule has 2 rings (SSSR count). The molecule has 10 nitrogen and oxygen atoms in total. The average Bonchev–Trinajstić information content (AvgIpc) is 2.87. The van der Waals surface area contributed by atoms with Crippen molar-refractivity contribution in [2.45, 2.75) is 6.54 Å². The van der Waals surface area contributed by atoms with Crippen molar-refractivity contribution >= 4 is 23.5 Å². The molecule has 2 aromatic heterocycles. The molecule has 0 aliphatic rings. The number of hydrogen-bond donors (Lipinski definition) is 2. The first-order chi connectivity index (χ1) is 9.97. The van der Waals surface area contributed by atoms with Gasteiger partial charge in [0, 0.05) is 6.20 Å². The lowest BCUT2D eigenvalue weighted by Crippen LogP contribution is -2.21. The Bertz CT molecular complexity index is 711. The number of carboxylic acid groups (broad SMARTS) is 1. The van der Waals surface area contributed by atoms with Gasteiger partial charge in [0.05, 0.1) is 17.4 Å². The number of carbonyl (C=O) groups excluding carboxylic acids is 1. The fourth-order valence-corrected chi connectivity index (χ4v) is 1.53. The highest BCUT2D eigenvalue weighted by atomic mass is 16.6. The van der Waals surface area contributed by atoms with E-state index < -0.39 is 16.8 Å². The van der Waals surface area contributed by atoms with Crippen LogP contribution in [0.25, 0.3) is 0 Å². The summed E-state index contributed by atoms with van der Waals surface area (Å²) in [5.74, 6) is -2.31. The van der Waals surface area contributed by atoms with E-state index in [1.807, 2.05) is 0 Å². The van der Waals surface area contributed by atoms with E-state index in [1.54, 1.807) is 0 Å². The maximum Gasteiger partial charge on any atom is 0.389 e. The number of nitro groups is 1. The van der Waals surface area contributed by atoms with E-state index in [4.69, 9.17) is 5.11 Å². The predicted octanol–water partition coefficient (Wildman–Crippen LogP) is 0.523. The molecule has 10 heteroatoms.